The van der Waals surface area contributed by atoms with E-state index in [9.17, 15) is 0 Å². The van der Waals surface area contributed by atoms with Gasteiger partial charge in [-0.05, 0) is 19.8 Å². The van der Waals surface area contributed by atoms with Crippen LogP contribution < -0.4 is 5.73 Å². The van der Waals surface area contributed by atoms with E-state index >= 15 is 0 Å². The lowest BCUT2D eigenvalue weighted by atomic mass is 9.90. The predicted octanol–water partition coefficient (Wildman–Crippen LogP) is 1.69. The Hall–Kier alpha value is -0.520. The van der Waals surface area contributed by atoms with Crippen LogP contribution in [0.5, 0.6) is 0 Å². The summed E-state index contributed by atoms with van der Waals surface area (Å²) in [5.41, 5.74) is 5.93. The van der Waals surface area contributed by atoms with Crippen LogP contribution in [0.1, 0.15) is 39.0 Å². The Labute approximate surface area is 80.8 Å². The summed E-state index contributed by atoms with van der Waals surface area (Å²) in [5, 5.41) is 0. The smallest absolute Gasteiger partial charge is 0.0841 e. The Morgan fingerprint density at radius 2 is 2.15 bits per heavy atom. The molecule has 0 radical (unpaired) electrons. The molecule has 1 saturated carbocycles. The van der Waals surface area contributed by atoms with E-state index in [0.29, 0.717) is 6.42 Å². The molecule has 1 aliphatic rings. The van der Waals surface area contributed by atoms with E-state index < -0.39 is 0 Å². The van der Waals surface area contributed by atoms with Gasteiger partial charge in [0.05, 0.1) is 5.60 Å². The minimum Gasteiger partial charge on any atom is -0.374 e. The van der Waals surface area contributed by atoms with Crippen molar-refractivity contribution in [1.29, 1.82) is 0 Å². The molecule has 1 aliphatic carbocycles. The molecular weight excluding hydrogens is 162 g/mol. The topological polar surface area (TPSA) is 35.2 Å². The molecule has 0 aromatic heterocycles. The van der Waals surface area contributed by atoms with Gasteiger partial charge in [-0.2, -0.15) is 0 Å². The number of nitrogens with two attached hydrogens (primary N) is 1. The van der Waals surface area contributed by atoms with Crippen LogP contribution in [0.25, 0.3) is 0 Å². The van der Waals surface area contributed by atoms with Gasteiger partial charge in [0.1, 0.15) is 0 Å². The summed E-state index contributed by atoms with van der Waals surface area (Å²) in [6.45, 7) is 2.75. The standard InChI is InChI=1S/C11H19NO/c1-3-7-10(12)11(13-4-2)8-5-6-9-11/h1,10H,4-9,12H2,2H3. The SMILES string of the molecule is C#CCC(N)C1(OCC)CCCC1. The summed E-state index contributed by atoms with van der Waals surface area (Å²) in [6, 6.07) is 0.0138. The van der Waals surface area contributed by atoms with Gasteiger partial charge in [0.2, 0.25) is 0 Å². The Morgan fingerprint density at radius 3 is 2.62 bits per heavy atom. The molecule has 0 saturated heterocycles. The first-order valence-corrected chi connectivity index (χ1v) is 5.08. The zero-order valence-electron chi connectivity index (χ0n) is 8.38. The Kier molecular flexibility index (Phi) is 3.77. The van der Waals surface area contributed by atoms with E-state index in [1.165, 1.54) is 12.8 Å². The van der Waals surface area contributed by atoms with E-state index in [0.717, 1.165) is 19.4 Å². The van der Waals surface area contributed by atoms with Gasteiger partial charge in [0, 0.05) is 19.1 Å². The molecule has 0 spiro atoms. The van der Waals surface area contributed by atoms with Gasteiger partial charge in [-0.15, -0.1) is 12.3 Å². The van der Waals surface area contributed by atoms with Crippen molar-refractivity contribution < 1.29 is 4.74 Å². The summed E-state index contributed by atoms with van der Waals surface area (Å²) in [7, 11) is 0. The molecule has 2 nitrogen and oxygen atoms in total. The molecule has 1 atom stereocenters. The number of terminal acetylenes is 1. The summed E-state index contributed by atoms with van der Waals surface area (Å²) in [6.07, 6.45) is 10.5. The molecule has 13 heavy (non-hydrogen) atoms. The lowest BCUT2D eigenvalue weighted by molar-refractivity contribution is -0.0515. The van der Waals surface area contributed by atoms with E-state index in [4.69, 9.17) is 16.9 Å². The molecule has 0 bridgehead atoms. The van der Waals surface area contributed by atoms with Crippen LogP contribution in [0.4, 0.5) is 0 Å². The first kappa shape index (κ1) is 10.6. The Bertz CT molecular complexity index is 189. The van der Waals surface area contributed by atoms with Crippen molar-refractivity contribution >= 4 is 0 Å². The van der Waals surface area contributed by atoms with Crippen molar-refractivity contribution in [2.75, 3.05) is 6.61 Å². The molecule has 2 N–H and O–H groups in total. The first-order chi connectivity index (χ1) is 6.25. The van der Waals surface area contributed by atoms with Gasteiger partial charge in [-0.25, -0.2) is 0 Å². The molecule has 0 heterocycles. The molecule has 1 fully saturated rings. The lowest BCUT2D eigenvalue weighted by Crippen LogP contribution is -2.47. The maximum atomic E-state index is 6.04. The zero-order chi connectivity index (χ0) is 9.73. The van der Waals surface area contributed by atoms with E-state index in [-0.39, 0.29) is 11.6 Å². The van der Waals surface area contributed by atoms with Crippen molar-refractivity contribution in [3.8, 4) is 12.3 Å². The largest absolute Gasteiger partial charge is 0.374 e. The number of rotatable bonds is 4. The van der Waals surface area contributed by atoms with Crippen LogP contribution in [0.3, 0.4) is 0 Å². The minimum absolute atomic E-state index is 0.0138. The van der Waals surface area contributed by atoms with Crippen molar-refractivity contribution in [1.82, 2.24) is 0 Å². The van der Waals surface area contributed by atoms with E-state index in [1.54, 1.807) is 0 Å². The van der Waals surface area contributed by atoms with E-state index in [1.807, 2.05) is 6.92 Å². The minimum atomic E-state index is -0.110. The highest BCUT2D eigenvalue weighted by molar-refractivity contribution is 5.01. The fourth-order valence-corrected chi connectivity index (χ4v) is 2.20. The average Bonchev–Trinajstić information content (AvgIpc) is 2.55. The van der Waals surface area contributed by atoms with Gasteiger partial charge in [-0.3, -0.25) is 0 Å². The van der Waals surface area contributed by atoms with Crippen molar-refractivity contribution in [3.63, 3.8) is 0 Å². The summed E-state index contributed by atoms with van der Waals surface area (Å²) < 4.78 is 5.78. The summed E-state index contributed by atoms with van der Waals surface area (Å²) >= 11 is 0. The van der Waals surface area contributed by atoms with E-state index in [2.05, 4.69) is 5.92 Å². The second kappa shape index (κ2) is 4.64. The molecule has 0 aromatic carbocycles. The second-order valence-corrected chi connectivity index (χ2v) is 3.72. The van der Waals surface area contributed by atoms with Crippen LogP contribution in [0, 0.1) is 12.3 Å². The van der Waals surface area contributed by atoms with Gasteiger partial charge >= 0.3 is 0 Å². The molecule has 1 rings (SSSR count). The van der Waals surface area contributed by atoms with Crippen molar-refractivity contribution in [3.05, 3.63) is 0 Å². The third-order valence-electron chi connectivity index (χ3n) is 2.90. The third-order valence-corrected chi connectivity index (χ3v) is 2.90. The van der Waals surface area contributed by atoms with Crippen LogP contribution >= 0.6 is 0 Å². The maximum absolute atomic E-state index is 6.04. The van der Waals surface area contributed by atoms with Crippen molar-refractivity contribution in [2.24, 2.45) is 5.73 Å². The average molecular weight is 181 g/mol. The fraction of sp³-hybridized carbons (Fsp3) is 0.818. The molecule has 74 valence electrons. The Balaban J connectivity index is 2.60. The maximum Gasteiger partial charge on any atom is 0.0841 e. The van der Waals surface area contributed by atoms with Gasteiger partial charge in [0.15, 0.2) is 0 Å². The molecule has 2 heteroatoms. The van der Waals surface area contributed by atoms with Crippen LogP contribution in [0.2, 0.25) is 0 Å². The number of ether oxygens (including phenoxy) is 1. The van der Waals surface area contributed by atoms with Gasteiger partial charge < -0.3 is 10.5 Å². The number of hydrogen-bond acceptors (Lipinski definition) is 2. The quantitative estimate of drug-likeness (QED) is 0.670. The zero-order valence-corrected chi connectivity index (χ0v) is 8.38. The molecule has 0 amide bonds. The Morgan fingerprint density at radius 1 is 1.54 bits per heavy atom. The predicted molar refractivity (Wildman–Crippen MR) is 54.3 cm³/mol. The molecular formula is C11H19NO. The number of hydrogen-bond donors (Lipinski definition) is 1. The highest BCUT2D eigenvalue weighted by Crippen LogP contribution is 2.36. The second-order valence-electron chi connectivity index (χ2n) is 3.72. The van der Waals surface area contributed by atoms with Gasteiger partial charge in [0.25, 0.3) is 0 Å². The van der Waals surface area contributed by atoms with Crippen molar-refractivity contribution in [2.45, 2.75) is 50.7 Å². The molecule has 0 aromatic rings. The van der Waals surface area contributed by atoms with Crippen LogP contribution in [0.15, 0.2) is 0 Å². The molecule has 0 aliphatic heterocycles. The van der Waals surface area contributed by atoms with Crippen LogP contribution in [-0.4, -0.2) is 18.2 Å². The normalized spacial score (nSPS) is 22.5. The first-order valence-electron chi connectivity index (χ1n) is 5.08. The highest BCUT2D eigenvalue weighted by Gasteiger charge is 2.39. The highest BCUT2D eigenvalue weighted by atomic mass is 16.5. The van der Waals surface area contributed by atoms with Crippen LogP contribution in [-0.2, 0) is 4.74 Å². The third kappa shape index (κ3) is 2.24. The van der Waals surface area contributed by atoms with Gasteiger partial charge in [-0.1, -0.05) is 12.8 Å². The fourth-order valence-electron chi connectivity index (χ4n) is 2.20. The molecule has 1 unspecified atom stereocenters. The monoisotopic (exact) mass is 181 g/mol. The summed E-state index contributed by atoms with van der Waals surface area (Å²) in [5.74, 6) is 2.62. The lowest BCUT2D eigenvalue weighted by Gasteiger charge is -2.34. The summed E-state index contributed by atoms with van der Waals surface area (Å²) in [4.78, 5) is 0.